The molecule has 5 N–H and O–H groups in total. The molecule has 29 heavy (non-hydrogen) atoms. The second-order valence-electron chi connectivity index (χ2n) is 6.45. The van der Waals surface area contributed by atoms with Gasteiger partial charge in [-0.25, -0.2) is 9.59 Å². The van der Waals surface area contributed by atoms with Crippen molar-refractivity contribution < 1.29 is 34.4 Å². The van der Waals surface area contributed by atoms with Gasteiger partial charge in [-0.2, -0.15) is 0 Å². The summed E-state index contributed by atoms with van der Waals surface area (Å²) < 4.78 is 5.26. The molecule has 1 aliphatic carbocycles. The number of nitrogens with one attached hydrogen (secondary N) is 2. The fraction of sp³-hybridized carbons (Fsp3) is 0.250. The standard InChI is InChI=1S/C20H20N2O7/c23-16(17(24)19(26)27)18(25)21-10-22-20(28)29-9-15-13-7-3-1-5-11(13)12-6-2-4-8-14(12)15/h1-8,15-17,23-24H,9-10H2,(H,21,25)(H,22,28)(H,26,27)/t16-,17-/m1/s1. The number of alkyl carbamates (subject to hydrolysis) is 1. The number of amides is 2. The quantitative estimate of drug-likeness (QED) is 0.423. The van der Waals surface area contributed by atoms with Crippen LogP contribution in [0.25, 0.3) is 11.1 Å². The number of carbonyl (C=O) groups is 3. The van der Waals surface area contributed by atoms with Gasteiger partial charge in [0.25, 0.3) is 5.91 Å². The molecule has 0 fully saturated rings. The molecular weight excluding hydrogens is 380 g/mol. The Balaban J connectivity index is 1.52. The van der Waals surface area contributed by atoms with Crippen molar-refractivity contribution in [2.24, 2.45) is 0 Å². The lowest BCUT2D eigenvalue weighted by molar-refractivity contribution is -0.158. The molecule has 0 unspecified atom stereocenters. The number of carbonyl (C=O) groups excluding carboxylic acids is 2. The Morgan fingerprint density at radius 1 is 0.897 bits per heavy atom. The van der Waals surface area contributed by atoms with Crippen molar-refractivity contribution in [3.63, 3.8) is 0 Å². The Morgan fingerprint density at radius 2 is 1.45 bits per heavy atom. The smallest absolute Gasteiger partial charge is 0.408 e. The number of ether oxygens (including phenoxy) is 1. The van der Waals surface area contributed by atoms with Gasteiger partial charge in [0.05, 0.1) is 6.67 Å². The van der Waals surface area contributed by atoms with E-state index in [4.69, 9.17) is 14.9 Å². The first kappa shape index (κ1) is 20.3. The monoisotopic (exact) mass is 400 g/mol. The van der Waals surface area contributed by atoms with E-state index in [-0.39, 0.29) is 12.5 Å². The summed E-state index contributed by atoms with van der Waals surface area (Å²) in [6.07, 6.45) is -5.21. The predicted molar refractivity (Wildman–Crippen MR) is 101 cm³/mol. The van der Waals surface area contributed by atoms with E-state index in [2.05, 4.69) is 10.6 Å². The highest BCUT2D eigenvalue weighted by Gasteiger charge is 2.30. The van der Waals surface area contributed by atoms with E-state index in [9.17, 15) is 19.5 Å². The van der Waals surface area contributed by atoms with Crippen LogP contribution in [0.3, 0.4) is 0 Å². The van der Waals surface area contributed by atoms with Crippen molar-refractivity contribution in [1.82, 2.24) is 10.6 Å². The van der Waals surface area contributed by atoms with Gasteiger partial charge < -0.3 is 30.7 Å². The van der Waals surface area contributed by atoms with E-state index in [1.165, 1.54) is 0 Å². The average molecular weight is 400 g/mol. The molecule has 2 amide bonds. The number of benzene rings is 2. The molecule has 1 aliphatic rings. The van der Waals surface area contributed by atoms with Gasteiger partial charge in [0, 0.05) is 5.92 Å². The molecule has 0 bridgehead atoms. The van der Waals surface area contributed by atoms with E-state index >= 15 is 0 Å². The summed E-state index contributed by atoms with van der Waals surface area (Å²) in [6, 6.07) is 15.7. The van der Waals surface area contributed by atoms with Crippen LogP contribution in [-0.4, -0.2) is 58.8 Å². The number of hydrogen-bond donors (Lipinski definition) is 5. The van der Waals surface area contributed by atoms with Crippen molar-refractivity contribution in [2.75, 3.05) is 13.3 Å². The molecule has 0 spiro atoms. The van der Waals surface area contributed by atoms with Gasteiger partial charge in [0.1, 0.15) is 6.61 Å². The van der Waals surface area contributed by atoms with Crippen molar-refractivity contribution >= 4 is 18.0 Å². The maximum atomic E-state index is 11.9. The number of rotatable bonds is 7. The number of fused-ring (bicyclic) bond motifs is 3. The van der Waals surface area contributed by atoms with Gasteiger partial charge in [0.15, 0.2) is 12.2 Å². The Morgan fingerprint density at radius 3 is 2.00 bits per heavy atom. The Kier molecular flexibility index (Phi) is 6.10. The largest absolute Gasteiger partial charge is 0.479 e. The van der Waals surface area contributed by atoms with E-state index in [0.29, 0.717) is 0 Å². The summed E-state index contributed by atoms with van der Waals surface area (Å²) in [6.45, 7) is -0.312. The van der Waals surface area contributed by atoms with Crippen LogP contribution in [0.5, 0.6) is 0 Å². The zero-order valence-electron chi connectivity index (χ0n) is 15.2. The van der Waals surface area contributed by atoms with Crippen LogP contribution in [0.4, 0.5) is 4.79 Å². The maximum absolute atomic E-state index is 11.9. The fourth-order valence-corrected chi connectivity index (χ4v) is 3.24. The lowest BCUT2D eigenvalue weighted by Crippen LogP contribution is -2.48. The zero-order chi connectivity index (χ0) is 21.0. The van der Waals surface area contributed by atoms with Crippen molar-refractivity contribution in [3.8, 4) is 11.1 Å². The normalized spacial score (nSPS) is 14.3. The minimum atomic E-state index is -2.26. The highest BCUT2D eigenvalue weighted by molar-refractivity contribution is 5.87. The summed E-state index contributed by atoms with van der Waals surface area (Å²) in [4.78, 5) is 34.0. The lowest BCUT2D eigenvalue weighted by Gasteiger charge is -2.16. The van der Waals surface area contributed by atoms with Crippen molar-refractivity contribution in [3.05, 3.63) is 59.7 Å². The lowest BCUT2D eigenvalue weighted by atomic mass is 9.98. The number of hydrogen-bond acceptors (Lipinski definition) is 6. The van der Waals surface area contributed by atoms with Crippen LogP contribution in [-0.2, 0) is 14.3 Å². The molecule has 9 heteroatoms. The van der Waals surface area contributed by atoms with Crippen LogP contribution >= 0.6 is 0 Å². The maximum Gasteiger partial charge on any atom is 0.408 e. The van der Waals surface area contributed by atoms with Gasteiger partial charge in [-0.3, -0.25) is 4.79 Å². The number of carboxylic acid groups (broad SMARTS) is 1. The molecule has 3 rings (SSSR count). The topological polar surface area (TPSA) is 145 Å². The average Bonchev–Trinajstić information content (AvgIpc) is 3.04. The molecule has 9 nitrogen and oxygen atoms in total. The van der Waals surface area contributed by atoms with Crippen LogP contribution in [0.2, 0.25) is 0 Å². The van der Waals surface area contributed by atoms with E-state index in [1.807, 2.05) is 48.5 Å². The van der Waals surface area contributed by atoms with Crippen LogP contribution in [0.1, 0.15) is 17.0 Å². The summed E-state index contributed by atoms with van der Waals surface area (Å²) in [5.41, 5.74) is 4.30. The first-order chi connectivity index (χ1) is 13.9. The van der Waals surface area contributed by atoms with E-state index in [1.54, 1.807) is 0 Å². The minimum absolute atomic E-state index is 0.0914. The van der Waals surface area contributed by atoms with Crippen LogP contribution in [0, 0.1) is 0 Å². The van der Waals surface area contributed by atoms with E-state index in [0.717, 1.165) is 22.3 Å². The Hall–Kier alpha value is -3.43. The highest BCUT2D eigenvalue weighted by Crippen LogP contribution is 2.44. The molecule has 0 saturated carbocycles. The van der Waals surface area contributed by atoms with Gasteiger partial charge in [0.2, 0.25) is 0 Å². The molecule has 2 aromatic carbocycles. The zero-order valence-corrected chi connectivity index (χ0v) is 15.2. The molecular formula is C20H20N2O7. The third kappa shape index (κ3) is 4.36. The SMILES string of the molecule is O=C(NCNC(=O)[C@H](O)[C@@H](O)C(=O)O)OCC1c2ccccc2-c2ccccc21. The first-order valence-electron chi connectivity index (χ1n) is 8.85. The Bertz CT molecular complexity index is 885. The Labute approximate surface area is 165 Å². The van der Waals surface area contributed by atoms with Gasteiger partial charge in [-0.1, -0.05) is 48.5 Å². The molecule has 0 radical (unpaired) electrons. The fourth-order valence-electron chi connectivity index (χ4n) is 3.24. The number of aliphatic hydroxyl groups is 2. The number of carboxylic acids is 1. The molecule has 2 aromatic rings. The summed E-state index contributed by atoms with van der Waals surface area (Å²) in [5, 5.41) is 31.4. The number of aliphatic hydroxyl groups excluding tert-OH is 2. The molecule has 152 valence electrons. The molecule has 0 saturated heterocycles. The predicted octanol–water partition coefficient (Wildman–Crippen LogP) is 0.405. The summed E-state index contributed by atoms with van der Waals surface area (Å²) in [5.74, 6) is -2.99. The highest BCUT2D eigenvalue weighted by atomic mass is 16.5. The third-order valence-electron chi connectivity index (χ3n) is 4.66. The van der Waals surface area contributed by atoms with Gasteiger partial charge >= 0.3 is 12.1 Å². The molecule has 0 heterocycles. The summed E-state index contributed by atoms with van der Waals surface area (Å²) >= 11 is 0. The van der Waals surface area contributed by atoms with E-state index < -0.39 is 36.8 Å². The van der Waals surface area contributed by atoms with Gasteiger partial charge in [-0.15, -0.1) is 0 Å². The van der Waals surface area contributed by atoms with Crippen LogP contribution < -0.4 is 10.6 Å². The number of aliphatic carboxylic acids is 1. The van der Waals surface area contributed by atoms with Crippen molar-refractivity contribution in [1.29, 1.82) is 0 Å². The third-order valence-corrected chi connectivity index (χ3v) is 4.66. The molecule has 2 atom stereocenters. The molecule has 0 aromatic heterocycles. The van der Waals surface area contributed by atoms with Gasteiger partial charge in [-0.05, 0) is 22.3 Å². The van der Waals surface area contributed by atoms with Crippen molar-refractivity contribution in [2.45, 2.75) is 18.1 Å². The molecule has 0 aliphatic heterocycles. The second kappa shape index (κ2) is 8.72. The minimum Gasteiger partial charge on any atom is -0.479 e. The first-order valence-corrected chi connectivity index (χ1v) is 8.85. The second-order valence-corrected chi connectivity index (χ2v) is 6.45. The van der Waals surface area contributed by atoms with Crippen LogP contribution in [0.15, 0.2) is 48.5 Å². The summed E-state index contributed by atoms with van der Waals surface area (Å²) in [7, 11) is 0.